The average Bonchev–Trinajstić information content (AvgIpc) is 2.84. The highest BCUT2D eigenvalue weighted by atomic mass is 16.6. The molecule has 2 aromatic carbocycles. The predicted octanol–water partition coefficient (Wildman–Crippen LogP) is 2.94. The number of rotatable bonds is 4. The standard InChI is InChI=1S/C24H21N5O4/c30-23-19-7-6-17-12-18(13-25-21(17)22(19)26-14-20(23)29(32)33)24(31)28-10-8-27(9-11-28)15-16-4-2-1-3-5-16/h1-7,12-14H,8-11,15H2,(H,26,30). The first-order chi connectivity index (χ1) is 16.0. The van der Waals surface area contributed by atoms with Gasteiger partial charge in [0.25, 0.3) is 11.3 Å². The van der Waals surface area contributed by atoms with Crippen LogP contribution in [0.15, 0.2) is 65.7 Å². The fourth-order valence-electron chi connectivity index (χ4n) is 4.27. The second-order valence-electron chi connectivity index (χ2n) is 8.10. The molecule has 5 rings (SSSR count). The molecule has 9 nitrogen and oxygen atoms in total. The van der Waals surface area contributed by atoms with Gasteiger partial charge in [0, 0.05) is 44.3 Å². The van der Waals surface area contributed by atoms with Crippen LogP contribution >= 0.6 is 0 Å². The number of nitrogens with zero attached hydrogens (tertiary/aromatic N) is 4. The van der Waals surface area contributed by atoms with E-state index in [9.17, 15) is 19.7 Å². The molecule has 1 aliphatic heterocycles. The van der Waals surface area contributed by atoms with Gasteiger partial charge in [-0.15, -0.1) is 0 Å². The molecule has 1 amide bonds. The minimum atomic E-state index is -0.711. The summed E-state index contributed by atoms with van der Waals surface area (Å²) in [5.74, 6) is -0.0824. The molecule has 1 fully saturated rings. The third-order valence-corrected chi connectivity index (χ3v) is 6.04. The first-order valence-electron chi connectivity index (χ1n) is 10.7. The molecule has 1 saturated heterocycles. The van der Waals surface area contributed by atoms with Crippen LogP contribution in [0.1, 0.15) is 15.9 Å². The molecule has 9 heteroatoms. The van der Waals surface area contributed by atoms with Gasteiger partial charge in [0.05, 0.1) is 33.1 Å². The van der Waals surface area contributed by atoms with Crippen molar-refractivity contribution < 1.29 is 9.72 Å². The molecule has 1 aliphatic rings. The van der Waals surface area contributed by atoms with Crippen LogP contribution in [0.4, 0.5) is 5.69 Å². The summed E-state index contributed by atoms with van der Waals surface area (Å²) in [5, 5.41) is 11.9. The van der Waals surface area contributed by atoms with E-state index in [4.69, 9.17) is 0 Å². The van der Waals surface area contributed by atoms with Crippen molar-refractivity contribution in [3.63, 3.8) is 0 Å². The van der Waals surface area contributed by atoms with Crippen molar-refractivity contribution in [2.75, 3.05) is 26.2 Å². The average molecular weight is 443 g/mol. The number of hydrogen-bond donors (Lipinski definition) is 1. The fourth-order valence-corrected chi connectivity index (χ4v) is 4.27. The number of nitro groups is 1. The second kappa shape index (κ2) is 8.44. The summed E-state index contributed by atoms with van der Waals surface area (Å²) >= 11 is 0. The predicted molar refractivity (Wildman–Crippen MR) is 124 cm³/mol. The highest BCUT2D eigenvalue weighted by molar-refractivity contribution is 6.05. The van der Waals surface area contributed by atoms with Crippen molar-refractivity contribution in [1.82, 2.24) is 19.8 Å². The number of hydrogen-bond acceptors (Lipinski definition) is 6. The number of pyridine rings is 2. The van der Waals surface area contributed by atoms with Crippen LogP contribution in [0.25, 0.3) is 21.8 Å². The molecule has 0 atom stereocenters. The van der Waals surface area contributed by atoms with Gasteiger partial charge in [0.15, 0.2) is 0 Å². The van der Waals surface area contributed by atoms with Crippen LogP contribution in [0.5, 0.6) is 0 Å². The Morgan fingerprint density at radius 2 is 1.85 bits per heavy atom. The summed E-state index contributed by atoms with van der Waals surface area (Å²) in [6.07, 6.45) is 2.58. The van der Waals surface area contributed by atoms with Gasteiger partial charge in [-0.25, -0.2) is 0 Å². The number of carbonyl (C=O) groups excluding carboxylic acids is 1. The lowest BCUT2D eigenvalue weighted by Gasteiger charge is -2.34. The van der Waals surface area contributed by atoms with Crippen molar-refractivity contribution in [2.45, 2.75) is 6.54 Å². The van der Waals surface area contributed by atoms with E-state index in [1.54, 1.807) is 12.1 Å². The third kappa shape index (κ3) is 3.94. The van der Waals surface area contributed by atoms with E-state index < -0.39 is 16.0 Å². The van der Waals surface area contributed by atoms with E-state index in [0.717, 1.165) is 25.8 Å². The number of fused-ring (bicyclic) bond motifs is 3. The molecule has 0 aliphatic carbocycles. The highest BCUT2D eigenvalue weighted by Crippen LogP contribution is 2.23. The van der Waals surface area contributed by atoms with Gasteiger partial charge in [-0.05, 0) is 17.7 Å². The van der Waals surface area contributed by atoms with Crippen LogP contribution in [-0.2, 0) is 6.54 Å². The highest BCUT2D eigenvalue weighted by Gasteiger charge is 2.23. The molecular formula is C24H21N5O4. The first kappa shape index (κ1) is 20.8. The molecular weight excluding hydrogens is 422 g/mol. The van der Waals surface area contributed by atoms with Crippen LogP contribution in [0.2, 0.25) is 0 Å². The lowest BCUT2D eigenvalue weighted by atomic mass is 10.1. The van der Waals surface area contributed by atoms with Gasteiger partial charge >= 0.3 is 5.69 Å². The van der Waals surface area contributed by atoms with Crippen LogP contribution in [-0.4, -0.2) is 56.8 Å². The van der Waals surface area contributed by atoms with Gasteiger partial charge in [0.2, 0.25) is 0 Å². The summed E-state index contributed by atoms with van der Waals surface area (Å²) in [6, 6.07) is 15.2. The Hall–Kier alpha value is -4.11. The second-order valence-corrected chi connectivity index (χ2v) is 8.10. The summed E-state index contributed by atoms with van der Waals surface area (Å²) in [5.41, 5.74) is 1.46. The van der Waals surface area contributed by atoms with E-state index in [2.05, 4.69) is 27.0 Å². The zero-order chi connectivity index (χ0) is 22.9. The maximum atomic E-state index is 13.1. The monoisotopic (exact) mass is 443 g/mol. The molecule has 0 saturated carbocycles. The van der Waals surface area contributed by atoms with Gasteiger partial charge in [-0.2, -0.15) is 0 Å². The molecule has 0 radical (unpaired) electrons. The number of nitrogens with one attached hydrogen (secondary N) is 1. The number of piperazine rings is 1. The fraction of sp³-hybridized carbons (Fsp3) is 0.208. The van der Waals surface area contributed by atoms with E-state index in [0.29, 0.717) is 35.1 Å². The Kier molecular flexibility index (Phi) is 5.31. The van der Waals surface area contributed by atoms with Crippen molar-refractivity contribution in [3.05, 3.63) is 92.4 Å². The van der Waals surface area contributed by atoms with Gasteiger partial charge < -0.3 is 9.88 Å². The largest absolute Gasteiger partial charge is 0.353 e. The van der Waals surface area contributed by atoms with Gasteiger partial charge in [-0.3, -0.25) is 29.6 Å². The molecule has 33 heavy (non-hydrogen) atoms. The molecule has 0 spiro atoms. The van der Waals surface area contributed by atoms with Crippen molar-refractivity contribution in [1.29, 1.82) is 0 Å². The van der Waals surface area contributed by atoms with E-state index in [1.807, 2.05) is 23.1 Å². The maximum absolute atomic E-state index is 13.1. The third-order valence-electron chi connectivity index (χ3n) is 6.04. The minimum Gasteiger partial charge on any atom is -0.353 e. The zero-order valence-electron chi connectivity index (χ0n) is 17.7. The van der Waals surface area contributed by atoms with Gasteiger partial charge in [-0.1, -0.05) is 36.4 Å². The molecule has 4 aromatic rings. The van der Waals surface area contributed by atoms with Crippen LogP contribution in [0, 0.1) is 10.1 Å². The molecule has 0 bridgehead atoms. The molecule has 0 unspecified atom stereocenters. The number of amides is 1. The van der Waals surface area contributed by atoms with Crippen LogP contribution in [0.3, 0.4) is 0 Å². The van der Waals surface area contributed by atoms with Gasteiger partial charge in [0.1, 0.15) is 0 Å². The van der Waals surface area contributed by atoms with Crippen LogP contribution < -0.4 is 5.43 Å². The van der Waals surface area contributed by atoms with E-state index in [-0.39, 0.29) is 11.3 Å². The number of aromatic nitrogens is 2. The first-order valence-corrected chi connectivity index (χ1v) is 10.7. The van der Waals surface area contributed by atoms with Crippen molar-refractivity contribution in [3.8, 4) is 0 Å². The molecule has 2 aromatic heterocycles. The Morgan fingerprint density at radius 3 is 2.58 bits per heavy atom. The van der Waals surface area contributed by atoms with E-state index in [1.165, 1.54) is 17.8 Å². The number of aromatic amines is 1. The minimum absolute atomic E-state index is 0.0824. The molecule has 1 N–H and O–H groups in total. The number of carbonyl (C=O) groups is 1. The van der Waals surface area contributed by atoms with E-state index >= 15 is 0 Å². The topological polar surface area (TPSA) is 112 Å². The summed E-state index contributed by atoms with van der Waals surface area (Å²) in [6.45, 7) is 3.74. The SMILES string of the molecule is O=C(c1cnc2c(ccc3c(=O)c([N+](=O)[O-])c[nH]c32)c1)N1CCN(Cc2ccccc2)CC1. The lowest BCUT2D eigenvalue weighted by molar-refractivity contribution is -0.386. The normalized spacial score (nSPS) is 14.6. The maximum Gasteiger partial charge on any atom is 0.332 e. The zero-order valence-corrected chi connectivity index (χ0v) is 17.7. The Balaban J connectivity index is 1.35. The number of benzene rings is 2. The smallest absolute Gasteiger partial charge is 0.332 e. The Morgan fingerprint density at radius 1 is 1.09 bits per heavy atom. The molecule has 3 heterocycles. The van der Waals surface area contributed by atoms with Crippen molar-refractivity contribution in [2.24, 2.45) is 0 Å². The number of H-pyrrole nitrogens is 1. The molecule has 166 valence electrons. The van der Waals surface area contributed by atoms with Crippen molar-refractivity contribution >= 4 is 33.4 Å². The Bertz CT molecular complexity index is 1430. The Labute approximate surface area is 188 Å². The quantitative estimate of drug-likeness (QED) is 0.295. The summed E-state index contributed by atoms with van der Waals surface area (Å²) in [4.78, 5) is 47.2. The summed E-state index contributed by atoms with van der Waals surface area (Å²) < 4.78 is 0. The summed E-state index contributed by atoms with van der Waals surface area (Å²) in [7, 11) is 0. The lowest BCUT2D eigenvalue weighted by Crippen LogP contribution is -2.48.